The SMILES string of the molecule is NC(N)=NCCC[C@@H](C(=O)Nc1ccc([N+](=O)[O-])cc1)N(Cc1ccccc1)C(=O)[O-]. The Morgan fingerprint density at radius 1 is 1.10 bits per heavy atom. The lowest BCUT2D eigenvalue weighted by Crippen LogP contribution is -2.51. The van der Waals surface area contributed by atoms with Crippen LogP contribution in [0.3, 0.4) is 0 Å². The summed E-state index contributed by atoms with van der Waals surface area (Å²) in [7, 11) is 0. The number of rotatable bonds is 10. The molecule has 0 aliphatic carbocycles. The van der Waals surface area contributed by atoms with E-state index in [2.05, 4.69) is 10.3 Å². The molecule has 2 amide bonds. The Bertz CT molecular complexity index is 929. The van der Waals surface area contributed by atoms with Crippen LogP contribution in [0.25, 0.3) is 0 Å². The van der Waals surface area contributed by atoms with Crippen LogP contribution in [0.2, 0.25) is 0 Å². The highest BCUT2D eigenvalue weighted by Gasteiger charge is 2.26. The third kappa shape index (κ3) is 7.31. The number of hydrogen-bond donors (Lipinski definition) is 3. The molecule has 11 nitrogen and oxygen atoms in total. The number of anilines is 1. The highest BCUT2D eigenvalue weighted by Crippen LogP contribution is 2.18. The Kier molecular flexibility index (Phi) is 8.31. The van der Waals surface area contributed by atoms with Gasteiger partial charge in [0.05, 0.1) is 4.92 Å². The van der Waals surface area contributed by atoms with Gasteiger partial charge in [-0.2, -0.15) is 0 Å². The first-order valence-corrected chi connectivity index (χ1v) is 9.40. The zero-order chi connectivity index (χ0) is 22.8. The Morgan fingerprint density at radius 2 is 1.74 bits per heavy atom. The van der Waals surface area contributed by atoms with E-state index >= 15 is 0 Å². The van der Waals surface area contributed by atoms with Crippen molar-refractivity contribution in [3.8, 4) is 0 Å². The van der Waals surface area contributed by atoms with Gasteiger partial charge in [-0.05, 0) is 30.5 Å². The summed E-state index contributed by atoms with van der Waals surface area (Å²) in [5, 5.41) is 25.2. The number of carboxylic acid groups (broad SMARTS) is 1. The number of nitro benzene ring substituents is 1. The zero-order valence-corrected chi connectivity index (χ0v) is 16.6. The third-order valence-corrected chi connectivity index (χ3v) is 4.38. The molecule has 0 aliphatic rings. The Hall–Kier alpha value is -4.15. The summed E-state index contributed by atoms with van der Waals surface area (Å²) in [6, 6.07) is 12.9. The summed E-state index contributed by atoms with van der Waals surface area (Å²) in [5.41, 5.74) is 11.4. The molecule has 31 heavy (non-hydrogen) atoms. The maximum Gasteiger partial charge on any atom is 0.269 e. The van der Waals surface area contributed by atoms with Crippen LogP contribution in [0.15, 0.2) is 59.6 Å². The second-order valence-electron chi connectivity index (χ2n) is 6.64. The molecule has 5 N–H and O–H groups in total. The predicted octanol–water partition coefficient (Wildman–Crippen LogP) is 0.801. The van der Waals surface area contributed by atoms with Crippen LogP contribution in [-0.2, 0) is 11.3 Å². The minimum Gasteiger partial charge on any atom is -0.530 e. The van der Waals surface area contributed by atoms with Crippen molar-refractivity contribution < 1.29 is 19.6 Å². The van der Waals surface area contributed by atoms with Gasteiger partial charge in [0, 0.05) is 30.9 Å². The summed E-state index contributed by atoms with van der Waals surface area (Å²) in [6.07, 6.45) is -1.03. The van der Waals surface area contributed by atoms with Crippen LogP contribution in [0.1, 0.15) is 18.4 Å². The molecule has 0 radical (unpaired) electrons. The number of benzene rings is 2. The van der Waals surface area contributed by atoms with Gasteiger partial charge in [-0.25, -0.2) is 0 Å². The molecule has 0 aromatic heterocycles. The molecule has 0 spiro atoms. The van der Waals surface area contributed by atoms with Crippen molar-refractivity contribution in [1.82, 2.24) is 4.90 Å². The number of non-ortho nitro benzene ring substituents is 1. The number of amides is 2. The fourth-order valence-corrected chi connectivity index (χ4v) is 2.90. The minimum absolute atomic E-state index is 0.0518. The van der Waals surface area contributed by atoms with E-state index in [1.165, 1.54) is 24.3 Å². The van der Waals surface area contributed by atoms with Crippen molar-refractivity contribution in [2.75, 3.05) is 11.9 Å². The van der Waals surface area contributed by atoms with Crippen LogP contribution >= 0.6 is 0 Å². The van der Waals surface area contributed by atoms with E-state index in [1.54, 1.807) is 30.3 Å². The molecule has 0 heterocycles. The third-order valence-electron chi connectivity index (χ3n) is 4.38. The smallest absolute Gasteiger partial charge is 0.269 e. The lowest BCUT2D eigenvalue weighted by Gasteiger charge is -2.33. The van der Waals surface area contributed by atoms with E-state index in [0.29, 0.717) is 17.7 Å². The molecular weight excluding hydrogens is 404 g/mol. The highest BCUT2D eigenvalue weighted by molar-refractivity contribution is 5.96. The van der Waals surface area contributed by atoms with E-state index in [4.69, 9.17) is 11.5 Å². The van der Waals surface area contributed by atoms with Crippen LogP contribution in [0.4, 0.5) is 16.2 Å². The first-order valence-electron chi connectivity index (χ1n) is 9.40. The van der Waals surface area contributed by atoms with Crippen molar-refractivity contribution >= 4 is 29.3 Å². The molecule has 2 rings (SSSR count). The molecule has 0 unspecified atom stereocenters. The van der Waals surface area contributed by atoms with Gasteiger partial charge in [0.15, 0.2) is 5.96 Å². The molecule has 0 fully saturated rings. The number of nitrogens with zero attached hydrogens (tertiary/aromatic N) is 3. The number of guanidine groups is 1. The van der Waals surface area contributed by atoms with E-state index in [-0.39, 0.29) is 31.2 Å². The van der Waals surface area contributed by atoms with E-state index in [1.807, 2.05) is 0 Å². The van der Waals surface area contributed by atoms with Crippen LogP contribution in [-0.4, -0.2) is 40.4 Å². The summed E-state index contributed by atoms with van der Waals surface area (Å²) >= 11 is 0. The summed E-state index contributed by atoms with van der Waals surface area (Å²) in [5.74, 6) is -0.702. The van der Waals surface area contributed by atoms with Gasteiger partial charge in [0.25, 0.3) is 5.69 Å². The summed E-state index contributed by atoms with van der Waals surface area (Å²) < 4.78 is 0. The minimum atomic E-state index is -1.51. The predicted molar refractivity (Wildman–Crippen MR) is 113 cm³/mol. The topological polar surface area (TPSA) is 180 Å². The maximum absolute atomic E-state index is 12.9. The largest absolute Gasteiger partial charge is 0.530 e. The molecule has 164 valence electrons. The van der Waals surface area contributed by atoms with Crippen LogP contribution in [0.5, 0.6) is 0 Å². The lowest BCUT2D eigenvalue weighted by atomic mass is 10.1. The van der Waals surface area contributed by atoms with Gasteiger partial charge in [-0.3, -0.25) is 19.9 Å². The lowest BCUT2D eigenvalue weighted by molar-refractivity contribution is -0.384. The second-order valence-corrected chi connectivity index (χ2v) is 6.64. The van der Waals surface area contributed by atoms with E-state index < -0.39 is 23.0 Å². The Labute approximate surface area is 178 Å². The molecule has 11 heteroatoms. The highest BCUT2D eigenvalue weighted by atomic mass is 16.6. The number of nitro groups is 1. The number of carbonyl (C=O) groups excluding carboxylic acids is 2. The molecule has 0 saturated carbocycles. The molecule has 0 saturated heterocycles. The van der Waals surface area contributed by atoms with Crippen molar-refractivity contribution in [1.29, 1.82) is 0 Å². The fraction of sp³-hybridized carbons (Fsp3) is 0.250. The van der Waals surface area contributed by atoms with Crippen molar-refractivity contribution in [3.05, 3.63) is 70.3 Å². The van der Waals surface area contributed by atoms with Crippen molar-refractivity contribution in [2.24, 2.45) is 16.5 Å². The van der Waals surface area contributed by atoms with Gasteiger partial charge < -0.3 is 31.6 Å². The van der Waals surface area contributed by atoms with Crippen molar-refractivity contribution in [2.45, 2.75) is 25.4 Å². The quantitative estimate of drug-likeness (QED) is 0.165. The molecule has 2 aromatic rings. The van der Waals surface area contributed by atoms with Gasteiger partial charge >= 0.3 is 0 Å². The van der Waals surface area contributed by atoms with Gasteiger partial charge in [-0.1, -0.05) is 30.3 Å². The molecular formula is C20H23N6O5-. The van der Waals surface area contributed by atoms with Gasteiger partial charge in [0.2, 0.25) is 5.91 Å². The van der Waals surface area contributed by atoms with Crippen LogP contribution in [0, 0.1) is 10.1 Å². The molecule has 0 aliphatic heterocycles. The van der Waals surface area contributed by atoms with Crippen LogP contribution < -0.4 is 21.9 Å². The Balaban J connectivity index is 2.21. The summed E-state index contributed by atoms with van der Waals surface area (Å²) in [6.45, 7) is 0.166. The number of nitrogens with one attached hydrogen (secondary N) is 1. The average molecular weight is 427 g/mol. The zero-order valence-electron chi connectivity index (χ0n) is 16.6. The molecule has 0 bridgehead atoms. The van der Waals surface area contributed by atoms with Crippen molar-refractivity contribution in [3.63, 3.8) is 0 Å². The van der Waals surface area contributed by atoms with Gasteiger partial charge in [0.1, 0.15) is 12.1 Å². The Morgan fingerprint density at radius 3 is 2.29 bits per heavy atom. The number of aliphatic imine (C=N–C) groups is 1. The standard InChI is InChI=1S/C20H24N6O5/c21-19(22)23-12-4-7-17(25(20(28)29)13-14-5-2-1-3-6-14)18(27)24-15-8-10-16(11-9-15)26(30)31/h1-3,5-6,8-11,17H,4,7,12-13H2,(H,24,27)(H,28,29)(H4,21,22,23)/p-1/t17-/m0/s1. The van der Waals surface area contributed by atoms with E-state index in [0.717, 1.165) is 4.90 Å². The average Bonchev–Trinajstić information content (AvgIpc) is 2.73. The first-order chi connectivity index (χ1) is 14.8. The normalized spacial score (nSPS) is 11.2. The fourth-order valence-electron chi connectivity index (χ4n) is 2.90. The van der Waals surface area contributed by atoms with Gasteiger partial charge in [-0.15, -0.1) is 0 Å². The monoisotopic (exact) mass is 427 g/mol. The van der Waals surface area contributed by atoms with E-state index in [9.17, 15) is 24.8 Å². The first kappa shape index (κ1) is 23.1. The number of hydrogen-bond acceptors (Lipinski definition) is 6. The summed E-state index contributed by atoms with van der Waals surface area (Å²) in [4.78, 5) is 39.8. The maximum atomic E-state index is 12.9. The molecule has 2 aromatic carbocycles. The number of carbonyl (C=O) groups is 2. The molecule has 1 atom stereocenters. The second kappa shape index (κ2) is 11.1. The number of nitrogens with two attached hydrogens (primary N) is 2.